The number of methoxy groups -OCH3 is 1. The third-order valence-electron chi connectivity index (χ3n) is 5.36. The van der Waals surface area contributed by atoms with E-state index in [1.807, 2.05) is 68.4 Å². The average molecular weight is 445 g/mol. The number of nitrogens with zero attached hydrogens (tertiary/aromatic N) is 2. The summed E-state index contributed by atoms with van der Waals surface area (Å²) >= 11 is 0. The molecule has 0 spiro atoms. The molecule has 0 aliphatic rings. The van der Waals surface area contributed by atoms with E-state index >= 15 is 0 Å². The topological polar surface area (TPSA) is 62.6 Å². The first kappa shape index (κ1) is 22.6. The summed E-state index contributed by atoms with van der Waals surface area (Å²) in [5.41, 5.74) is 3.77. The van der Waals surface area contributed by atoms with Crippen LogP contribution in [0.25, 0.3) is 22.3 Å². The molecule has 0 saturated heterocycles. The molecule has 6 nitrogen and oxygen atoms in total. The van der Waals surface area contributed by atoms with Crippen LogP contribution in [0.15, 0.2) is 71.5 Å². The van der Waals surface area contributed by atoms with Crippen LogP contribution in [0.1, 0.15) is 11.1 Å². The molecule has 0 N–H and O–H groups in total. The Kier molecular flexibility index (Phi) is 7.05. The molecule has 0 aliphatic heterocycles. The van der Waals surface area contributed by atoms with Crippen molar-refractivity contribution >= 4 is 10.9 Å². The summed E-state index contributed by atoms with van der Waals surface area (Å²) in [7, 11) is 1.63. The highest BCUT2D eigenvalue weighted by molar-refractivity contribution is 5.79. The smallest absolute Gasteiger partial charge is 0.261 e. The number of ether oxygens (including phenoxy) is 3. The van der Waals surface area contributed by atoms with Crippen LogP contribution in [0.4, 0.5) is 0 Å². The lowest BCUT2D eigenvalue weighted by molar-refractivity contribution is 0.0940. The fourth-order valence-electron chi connectivity index (χ4n) is 3.83. The Morgan fingerprint density at radius 1 is 0.848 bits per heavy atom. The van der Waals surface area contributed by atoms with Crippen molar-refractivity contribution in [1.29, 1.82) is 0 Å². The Morgan fingerprint density at radius 3 is 2.30 bits per heavy atom. The molecule has 0 atom stereocenters. The van der Waals surface area contributed by atoms with Gasteiger partial charge in [-0.3, -0.25) is 9.36 Å². The minimum atomic E-state index is -0.0819. The summed E-state index contributed by atoms with van der Waals surface area (Å²) in [4.78, 5) is 18.0. The van der Waals surface area contributed by atoms with E-state index in [0.717, 1.165) is 17.1 Å². The van der Waals surface area contributed by atoms with Crippen LogP contribution in [0.2, 0.25) is 0 Å². The lowest BCUT2D eigenvalue weighted by atomic mass is 10.1. The van der Waals surface area contributed by atoms with Crippen molar-refractivity contribution in [3.63, 3.8) is 0 Å². The second kappa shape index (κ2) is 10.3. The number of para-hydroxylation sites is 1. The van der Waals surface area contributed by atoms with Gasteiger partial charge in [-0.1, -0.05) is 18.2 Å². The number of fused-ring (bicyclic) bond motifs is 1. The molecular formula is C27H28N2O4. The minimum absolute atomic E-state index is 0.0819. The highest BCUT2D eigenvalue weighted by Gasteiger charge is 2.13. The van der Waals surface area contributed by atoms with Crippen LogP contribution < -0.4 is 15.0 Å². The van der Waals surface area contributed by atoms with Crippen molar-refractivity contribution < 1.29 is 14.2 Å². The van der Waals surface area contributed by atoms with Gasteiger partial charge in [-0.25, -0.2) is 4.98 Å². The summed E-state index contributed by atoms with van der Waals surface area (Å²) in [6, 6.07) is 21.1. The first-order valence-corrected chi connectivity index (χ1v) is 11.0. The second-order valence-corrected chi connectivity index (χ2v) is 7.92. The largest absolute Gasteiger partial charge is 0.497 e. The van der Waals surface area contributed by atoms with Crippen molar-refractivity contribution in [3.05, 3.63) is 88.2 Å². The van der Waals surface area contributed by atoms with Gasteiger partial charge in [0, 0.05) is 5.56 Å². The number of hydrogen-bond donors (Lipinski definition) is 0. The lowest BCUT2D eigenvalue weighted by Crippen LogP contribution is -2.26. The maximum atomic E-state index is 13.2. The van der Waals surface area contributed by atoms with E-state index in [1.165, 1.54) is 11.1 Å². The first-order valence-electron chi connectivity index (χ1n) is 11.0. The van der Waals surface area contributed by atoms with Crippen LogP contribution in [0, 0.1) is 13.8 Å². The number of aromatic nitrogens is 2. The molecule has 0 unspecified atom stereocenters. The Hall–Kier alpha value is -3.64. The summed E-state index contributed by atoms with van der Waals surface area (Å²) in [6.07, 6.45) is 0. The van der Waals surface area contributed by atoms with Crippen LogP contribution >= 0.6 is 0 Å². The van der Waals surface area contributed by atoms with Crippen molar-refractivity contribution in [2.75, 3.05) is 26.9 Å². The fraction of sp³-hybridized carbons (Fsp3) is 0.259. The Morgan fingerprint density at radius 2 is 1.58 bits per heavy atom. The molecule has 4 rings (SSSR count). The van der Waals surface area contributed by atoms with Gasteiger partial charge in [0.15, 0.2) is 0 Å². The zero-order valence-corrected chi connectivity index (χ0v) is 19.2. The lowest BCUT2D eigenvalue weighted by Gasteiger charge is -2.14. The second-order valence-electron chi connectivity index (χ2n) is 7.92. The van der Waals surface area contributed by atoms with E-state index in [1.54, 1.807) is 17.7 Å². The minimum Gasteiger partial charge on any atom is -0.497 e. The van der Waals surface area contributed by atoms with Gasteiger partial charge in [0.25, 0.3) is 5.56 Å². The Bertz CT molecular complexity index is 1280. The SMILES string of the molecule is COc1ccc(-c2nc3ccccc3c(=O)n2CCOCCOc2cc(C)cc(C)c2)cc1. The molecule has 6 heteroatoms. The van der Waals surface area contributed by atoms with E-state index in [9.17, 15) is 4.79 Å². The predicted molar refractivity (Wildman–Crippen MR) is 130 cm³/mol. The van der Waals surface area contributed by atoms with Crippen molar-refractivity contribution in [2.24, 2.45) is 0 Å². The maximum Gasteiger partial charge on any atom is 0.261 e. The highest BCUT2D eigenvalue weighted by atomic mass is 16.5. The van der Waals surface area contributed by atoms with Gasteiger partial charge in [-0.2, -0.15) is 0 Å². The molecule has 3 aromatic carbocycles. The van der Waals surface area contributed by atoms with Gasteiger partial charge in [0.05, 0.1) is 37.8 Å². The first-order chi connectivity index (χ1) is 16.0. The van der Waals surface area contributed by atoms with E-state index in [2.05, 4.69) is 6.07 Å². The fourth-order valence-corrected chi connectivity index (χ4v) is 3.83. The number of hydrogen-bond acceptors (Lipinski definition) is 5. The predicted octanol–water partition coefficient (Wildman–Crippen LogP) is 4.78. The van der Waals surface area contributed by atoms with E-state index in [4.69, 9.17) is 19.2 Å². The monoisotopic (exact) mass is 444 g/mol. The molecular weight excluding hydrogens is 416 g/mol. The van der Waals surface area contributed by atoms with Crippen LogP contribution in [-0.4, -0.2) is 36.5 Å². The molecule has 4 aromatic rings. The van der Waals surface area contributed by atoms with Gasteiger partial charge in [0.1, 0.15) is 23.9 Å². The molecule has 0 radical (unpaired) electrons. The van der Waals surface area contributed by atoms with Crippen LogP contribution in [-0.2, 0) is 11.3 Å². The van der Waals surface area contributed by atoms with Gasteiger partial charge in [-0.05, 0) is 73.5 Å². The Labute approximate surface area is 193 Å². The molecule has 0 aliphatic carbocycles. The molecule has 170 valence electrons. The summed E-state index contributed by atoms with van der Waals surface area (Å²) < 4.78 is 18.5. The standard InChI is InChI=1S/C27H28N2O4/c1-19-16-20(2)18-23(17-19)33-15-14-32-13-12-29-26(21-8-10-22(31-3)11-9-21)28-25-7-5-4-6-24(25)27(29)30/h4-11,16-18H,12-15H2,1-3H3. The van der Waals surface area contributed by atoms with E-state index in [-0.39, 0.29) is 5.56 Å². The zero-order valence-electron chi connectivity index (χ0n) is 19.2. The van der Waals surface area contributed by atoms with Crippen molar-refractivity contribution in [3.8, 4) is 22.9 Å². The molecule has 0 saturated carbocycles. The van der Waals surface area contributed by atoms with Crippen LogP contribution in [0.5, 0.6) is 11.5 Å². The van der Waals surface area contributed by atoms with E-state index in [0.29, 0.717) is 43.1 Å². The molecule has 0 bridgehead atoms. The molecule has 0 amide bonds. The molecule has 0 fully saturated rings. The molecule has 1 heterocycles. The zero-order chi connectivity index (χ0) is 23.2. The van der Waals surface area contributed by atoms with Gasteiger partial charge >= 0.3 is 0 Å². The van der Waals surface area contributed by atoms with Crippen LogP contribution in [0.3, 0.4) is 0 Å². The molecule has 33 heavy (non-hydrogen) atoms. The number of benzene rings is 3. The van der Waals surface area contributed by atoms with Gasteiger partial charge in [-0.15, -0.1) is 0 Å². The van der Waals surface area contributed by atoms with Crippen molar-refractivity contribution in [1.82, 2.24) is 9.55 Å². The van der Waals surface area contributed by atoms with Gasteiger partial charge in [0.2, 0.25) is 0 Å². The summed E-state index contributed by atoms with van der Waals surface area (Å²) in [5, 5.41) is 0.591. The Balaban J connectivity index is 1.46. The number of aryl methyl sites for hydroxylation is 2. The third kappa shape index (κ3) is 5.41. The van der Waals surface area contributed by atoms with Gasteiger partial charge < -0.3 is 14.2 Å². The summed E-state index contributed by atoms with van der Waals surface area (Å²) in [5.74, 6) is 2.20. The number of rotatable bonds is 9. The molecule has 1 aromatic heterocycles. The van der Waals surface area contributed by atoms with Crippen molar-refractivity contribution in [2.45, 2.75) is 20.4 Å². The normalized spacial score (nSPS) is 11.0. The third-order valence-corrected chi connectivity index (χ3v) is 5.36. The van der Waals surface area contributed by atoms with E-state index < -0.39 is 0 Å². The quantitative estimate of drug-likeness (QED) is 0.348. The highest BCUT2D eigenvalue weighted by Crippen LogP contribution is 2.22. The summed E-state index contributed by atoms with van der Waals surface area (Å²) in [6.45, 7) is 5.73. The maximum absolute atomic E-state index is 13.2. The average Bonchev–Trinajstić information content (AvgIpc) is 2.82.